The Balaban J connectivity index is -0.0000000381. The van der Waals surface area contributed by atoms with Gasteiger partial charge < -0.3 is 5.11 Å². The molecule has 0 aromatic rings. The summed E-state index contributed by atoms with van der Waals surface area (Å²) in [5, 5.41) is 8.01. The van der Waals surface area contributed by atoms with Gasteiger partial charge in [0.2, 0.25) is 3.79 Å². The Morgan fingerprint density at radius 2 is 0.353 bits per heavy atom. The van der Waals surface area contributed by atoms with Crippen LogP contribution in [0.5, 0.6) is 0 Å². The van der Waals surface area contributed by atoms with E-state index < -0.39 is 40.5 Å². The summed E-state index contributed by atoms with van der Waals surface area (Å²) in [6.07, 6.45) is 0. The first-order valence-corrected chi connectivity index (χ1v) is 16.1. The monoisotopic (exact) mass is 973 g/mol. The summed E-state index contributed by atoms with van der Waals surface area (Å²) in [6.45, 7) is -0.433. The van der Waals surface area contributed by atoms with Crippen molar-refractivity contribution in [3.63, 3.8) is 0 Å². The molecule has 0 aromatic carbocycles. The van der Waals surface area contributed by atoms with Crippen molar-refractivity contribution >= 4 is 278 Å². The molecular weight excluding hydrogens is 975 g/mol. The predicted octanol–water partition coefficient (Wildman–Crippen LogP) is 15.3. The number of aliphatic hydroxyl groups is 1. The van der Waals surface area contributed by atoms with Crippen LogP contribution >= 0.6 is 278 Å². The molecule has 34 heavy (non-hydrogen) atoms. The summed E-state index contributed by atoms with van der Waals surface area (Å²) in [5.41, 5.74) is 0. The highest BCUT2D eigenvalue weighted by Crippen LogP contribution is 2.23. The molecule has 1 N–H and O–H groups in total. The topological polar surface area (TPSA) is 20.2 Å². The van der Waals surface area contributed by atoms with Crippen molar-refractivity contribution in [1.29, 1.82) is 0 Å². The number of hydrogen-bond acceptors (Lipinski definition) is 1. The Hall–Kier alpha value is 6.92. The second kappa shape index (κ2) is 49.6. The van der Waals surface area contributed by atoms with Crippen molar-refractivity contribution in [2.45, 2.75) is 33.9 Å². The molecule has 0 unspecified atom stereocenters. The van der Waals surface area contributed by atoms with E-state index in [1.54, 1.807) is 0 Å². The molecule has 0 rings (SSSR count). The quantitative estimate of drug-likeness (QED) is 0.240. The van der Waals surface area contributed by atoms with Gasteiger partial charge >= 0.3 is 0 Å². The molecular formula is C9H10Cl24O. The molecule has 0 bridgehead atoms. The van der Waals surface area contributed by atoms with Crippen LogP contribution in [0.2, 0.25) is 0 Å². The number of alkyl halides is 24. The van der Waals surface area contributed by atoms with Crippen LogP contribution in [0.3, 0.4) is 0 Å². The second-order valence-corrected chi connectivity index (χ2v) is 18.9. The average Bonchev–Trinajstić information content (AvgIpc) is 2.41. The minimum absolute atomic E-state index is 0.433. The van der Waals surface area contributed by atoms with Crippen molar-refractivity contribution in [2.75, 3.05) is 6.61 Å². The standard InChI is InChI=1S/C2H3Cl3O.7CHCl3/c3-2(4,5)1-6;7*2-1(3)4/h6H,1H2;7*1H. The summed E-state index contributed by atoms with van der Waals surface area (Å²) in [7, 11) is 0. The van der Waals surface area contributed by atoms with E-state index in [4.69, 9.17) is 284 Å². The van der Waals surface area contributed by atoms with Gasteiger partial charge in [0, 0.05) is 0 Å². The minimum atomic E-state index is -1.49. The summed E-state index contributed by atoms with van der Waals surface area (Å²) in [6, 6.07) is 0. The number of rotatable bonds is 0. The maximum atomic E-state index is 8.01. The van der Waals surface area contributed by atoms with Crippen LogP contribution in [0.1, 0.15) is 0 Å². The number of hydrogen-bond donors (Lipinski definition) is 1. The minimum Gasteiger partial charge on any atom is -0.392 e. The lowest BCUT2D eigenvalue weighted by Crippen LogP contribution is -2.06. The van der Waals surface area contributed by atoms with Gasteiger partial charge in [0.05, 0.1) is 6.61 Å². The Labute approximate surface area is 319 Å². The molecule has 0 radical (unpaired) electrons. The van der Waals surface area contributed by atoms with Crippen molar-refractivity contribution in [3.8, 4) is 0 Å². The van der Waals surface area contributed by atoms with E-state index in [2.05, 4.69) is 0 Å². The maximum absolute atomic E-state index is 8.01. The predicted molar refractivity (Wildman–Crippen MR) is 177 cm³/mol. The highest BCUT2D eigenvalue weighted by molar-refractivity contribution is 6.68. The second-order valence-electron chi connectivity index (χ2n) is 2.51. The zero-order valence-corrected chi connectivity index (χ0v) is 32.9. The van der Waals surface area contributed by atoms with E-state index in [1.807, 2.05) is 0 Å². The zero-order valence-electron chi connectivity index (χ0n) is 14.8. The third kappa shape index (κ3) is 569. The lowest BCUT2D eigenvalue weighted by molar-refractivity contribution is 0.303. The molecule has 0 heterocycles. The third-order valence-electron chi connectivity index (χ3n) is 0.179. The molecule has 1 nitrogen and oxygen atoms in total. The summed E-state index contributed by atoms with van der Waals surface area (Å²) in [5.74, 6) is 0. The van der Waals surface area contributed by atoms with Gasteiger partial charge in [-0.15, -0.1) is 0 Å². The molecule has 0 fully saturated rings. The lowest BCUT2D eigenvalue weighted by Gasteiger charge is -2.01. The fraction of sp³-hybridized carbons (Fsp3) is 1.00. The van der Waals surface area contributed by atoms with E-state index in [0.717, 1.165) is 0 Å². The fourth-order valence-electron chi connectivity index (χ4n) is 0. The maximum Gasteiger partial charge on any atom is 0.213 e. The molecule has 0 saturated heterocycles. The molecule has 0 atom stereocenters. The van der Waals surface area contributed by atoms with Crippen molar-refractivity contribution in [1.82, 2.24) is 0 Å². The van der Waals surface area contributed by atoms with E-state index in [0.29, 0.717) is 0 Å². The molecule has 0 aliphatic carbocycles. The molecule has 0 aliphatic heterocycles. The van der Waals surface area contributed by atoms with E-state index in [9.17, 15) is 0 Å². The lowest BCUT2D eigenvalue weighted by atomic mass is 10.9. The van der Waals surface area contributed by atoms with Crippen LogP contribution < -0.4 is 0 Å². The summed E-state index contributed by atoms with van der Waals surface area (Å²) < 4.78 is -6.74. The van der Waals surface area contributed by atoms with Crippen LogP contribution in [0.15, 0.2) is 0 Å². The largest absolute Gasteiger partial charge is 0.392 e. The highest BCUT2D eigenvalue weighted by atomic mass is 35.6. The van der Waals surface area contributed by atoms with Gasteiger partial charge in [-0.05, 0) is 0 Å². The van der Waals surface area contributed by atoms with Crippen LogP contribution in [-0.4, -0.2) is 45.6 Å². The molecule has 0 saturated carbocycles. The molecule has 220 valence electrons. The number of aliphatic hydroxyl groups excluding tert-OH is 1. The van der Waals surface area contributed by atoms with E-state index >= 15 is 0 Å². The molecule has 0 amide bonds. The fourth-order valence-corrected chi connectivity index (χ4v) is 0. The average molecular weight is 985 g/mol. The van der Waals surface area contributed by atoms with E-state index in [1.165, 1.54) is 0 Å². The van der Waals surface area contributed by atoms with Gasteiger partial charge in [0.1, 0.15) is 0 Å². The number of halogens is 24. The third-order valence-corrected chi connectivity index (χ3v) is 0.538. The first-order valence-electron chi connectivity index (χ1n) is 5.82. The first-order chi connectivity index (χ1) is 14.7. The van der Waals surface area contributed by atoms with E-state index in [-0.39, 0.29) is 0 Å². The van der Waals surface area contributed by atoms with Gasteiger partial charge in [-0.25, -0.2) is 0 Å². The van der Waals surface area contributed by atoms with Crippen LogP contribution in [0.25, 0.3) is 0 Å². The Morgan fingerprint density at radius 1 is 0.324 bits per heavy atom. The summed E-state index contributed by atoms with van der Waals surface area (Å²) >= 11 is 116. The van der Waals surface area contributed by atoms with Crippen LogP contribution in [0, 0.1) is 0 Å². The zero-order chi connectivity index (χ0) is 30.2. The van der Waals surface area contributed by atoms with Gasteiger partial charge in [0.15, 0.2) is 30.1 Å². The Bertz CT molecular complexity index is 202. The van der Waals surface area contributed by atoms with Gasteiger partial charge in [0.25, 0.3) is 0 Å². The van der Waals surface area contributed by atoms with Crippen molar-refractivity contribution in [3.05, 3.63) is 0 Å². The van der Waals surface area contributed by atoms with Gasteiger partial charge in [-0.2, -0.15) is 0 Å². The summed E-state index contributed by atoms with van der Waals surface area (Å²) in [4.78, 5) is 0. The Kier molecular flexibility index (Phi) is 87.8. The first kappa shape index (κ1) is 60.2. The SMILES string of the molecule is ClC(Cl)Cl.ClC(Cl)Cl.ClC(Cl)Cl.ClC(Cl)Cl.ClC(Cl)Cl.ClC(Cl)Cl.ClC(Cl)Cl.OCC(Cl)(Cl)Cl. The molecule has 25 heteroatoms. The normalized spacial score (nSPS) is 9.53. The highest BCUT2D eigenvalue weighted by Gasteiger charge is 2.16. The molecule has 0 spiro atoms. The van der Waals surface area contributed by atoms with Crippen LogP contribution in [-0.2, 0) is 0 Å². The van der Waals surface area contributed by atoms with Gasteiger partial charge in [-0.3, -0.25) is 0 Å². The smallest absolute Gasteiger partial charge is 0.213 e. The molecule has 0 aromatic heterocycles. The van der Waals surface area contributed by atoms with Gasteiger partial charge in [-0.1, -0.05) is 278 Å². The molecule has 0 aliphatic rings. The Morgan fingerprint density at radius 3 is 0.353 bits per heavy atom. The van der Waals surface area contributed by atoms with Crippen molar-refractivity contribution in [2.24, 2.45) is 0 Å². The van der Waals surface area contributed by atoms with Crippen LogP contribution in [0.4, 0.5) is 0 Å². The van der Waals surface area contributed by atoms with Crippen molar-refractivity contribution < 1.29 is 5.11 Å².